The fourth-order valence-electron chi connectivity index (χ4n) is 3.11. The molecule has 1 aromatic heterocycles. The molecule has 23 heavy (non-hydrogen) atoms. The Morgan fingerprint density at radius 1 is 1.13 bits per heavy atom. The highest BCUT2D eigenvalue weighted by Gasteiger charge is 2.15. The average molecular weight is 313 g/mol. The molecule has 1 aromatic carbocycles. The Hall–Kier alpha value is -1.65. The molecule has 1 aliphatic rings. The lowest BCUT2D eigenvalue weighted by Gasteiger charge is -2.20. The molecule has 0 radical (unpaired) electrons. The molecule has 0 unspecified atom stereocenters. The van der Waals surface area contributed by atoms with Crippen LogP contribution < -0.4 is 0 Å². The van der Waals surface area contributed by atoms with E-state index in [0.29, 0.717) is 0 Å². The molecule has 4 heteroatoms. The summed E-state index contributed by atoms with van der Waals surface area (Å²) >= 11 is 0. The van der Waals surface area contributed by atoms with Gasteiger partial charge in [-0.05, 0) is 44.2 Å². The smallest absolute Gasteiger partial charge is 0.0948 e. The van der Waals surface area contributed by atoms with Gasteiger partial charge in [-0.25, -0.2) is 4.98 Å². The predicted molar refractivity (Wildman–Crippen MR) is 92.0 cm³/mol. The molecule has 0 aliphatic carbocycles. The van der Waals surface area contributed by atoms with Crippen LogP contribution >= 0.6 is 0 Å². The fraction of sp³-hybridized carbons (Fsp3) is 0.526. The van der Waals surface area contributed by atoms with E-state index < -0.39 is 5.60 Å². The van der Waals surface area contributed by atoms with Crippen LogP contribution in [0.2, 0.25) is 0 Å². The highest BCUT2D eigenvalue weighted by molar-refractivity contribution is 5.23. The van der Waals surface area contributed by atoms with E-state index in [1.165, 1.54) is 23.2 Å². The van der Waals surface area contributed by atoms with Crippen LogP contribution in [0.5, 0.6) is 0 Å². The Kier molecular flexibility index (Phi) is 4.83. The molecule has 0 bridgehead atoms. The molecular formula is C19H27N3O. The largest absolute Gasteiger partial charge is 0.390 e. The van der Waals surface area contributed by atoms with Crippen molar-refractivity contribution < 1.29 is 5.11 Å². The van der Waals surface area contributed by atoms with Crippen molar-refractivity contribution in [1.82, 2.24) is 14.5 Å². The van der Waals surface area contributed by atoms with Crippen molar-refractivity contribution in [3.63, 3.8) is 0 Å². The van der Waals surface area contributed by atoms with Crippen molar-refractivity contribution in [3.05, 3.63) is 53.6 Å². The predicted octanol–water partition coefficient (Wildman–Crippen LogP) is 2.99. The van der Waals surface area contributed by atoms with E-state index in [9.17, 15) is 5.11 Å². The van der Waals surface area contributed by atoms with Gasteiger partial charge in [-0.2, -0.15) is 0 Å². The molecule has 0 fully saturated rings. The number of hydrogen-bond donors (Lipinski definition) is 1. The van der Waals surface area contributed by atoms with Gasteiger partial charge in [-0.3, -0.25) is 4.90 Å². The summed E-state index contributed by atoms with van der Waals surface area (Å²) in [5, 5.41) is 9.83. The number of aliphatic hydroxyl groups is 1. The van der Waals surface area contributed by atoms with Crippen LogP contribution in [0.3, 0.4) is 0 Å². The Balaban J connectivity index is 1.58. The van der Waals surface area contributed by atoms with Gasteiger partial charge in [0.15, 0.2) is 0 Å². The lowest BCUT2D eigenvalue weighted by atomic mass is 9.98. The Bertz CT molecular complexity index is 625. The lowest BCUT2D eigenvalue weighted by molar-refractivity contribution is 0.0714. The maximum Gasteiger partial charge on any atom is 0.0948 e. The minimum absolute atomic E-state index is 0.590. The Morgan fingerprint density at radius 2 is 1.87 bits per heavy atom. The van der Waals surface area contributed by atoms with E-state index in [1.807, 2.05) is 26.4 Å². The Morgan fingerprint density at radius 3 is 2.61 bits per heavy atom. The number of hydrogen-bond acceptors (Lipinski definition) is 3. The third-order valence-corrected chi connectivity index (χ3v) is 4.51. The first-order valence-electron chi connectivity index (χ1n) is 8.51. The summed E-state index contributed by atoms with van der Waals surface area (Å²) in [7, 11) is 0. The number of aromatic nitrogens is 2. The number of imidazole rings is 1. The minimum atomic E-state index is -0.590. The van der Waals surface area contributed by atoms with Gasteiger partial charge in [0, 0.05) is 32.4 Å². The standard InChI is InChI=1S/C19H27N3O/c1-19(2,23)9-8-16-4-6-17(7-5-16)13-21-10-3-11-22-15-20-12-18(22)14-21/h4-7,12,15,23H,3,8-11,13-14H2,1-2H3. The van der Waals surface area contributed by atoms with Gasteiger partial charge < -0.3 is 9.67 Å². The number of benzene rings is 1. The summed E-state index contributed by atoms with van der Waals surface area (Å²) in [6.45, 7) is 7.89. The van der Waals surface area contributed by atoms with E-state index in [-0.39, 0.29) is 0 Å². The van der Waals surface area contributed by atoms with Gasteiger partial charge in [0.1, 0.15) is 0 Å². The van der Waals surface area contributed by atoms with Crippen LogP contribution in [0.15, 0.2) is 36.8 Å². The normalized spacial score (nSPS) is 16.1. The summed E-state index contributed by atoms with van der Waals surface area (Å²) < 4.78 is 2.26. The molecule has 0 atom stereocenters. The van der Waals surface area contributed by atoms with E-state index in [2.05, 4.69) is 38.7 Å². The maximum absolute atomic E-state index is 9.83. The minimum Gasteiger partial charge on any atom is -0.390 e. The van der Waals surface area contributed by atoms with Gasteiger partial charge in [0.2, 0.25) is 0 Å². The van der Waals surface area contributed by atoms with Crippen molar-refractivity contribution in [3.8, 4) is 0 Å². The fourth-order valence-corrected chi connectivity index (χ4v) is 3.11. The van der Waals surface area contributed by atoms with Gasteiger partial charge >= 0.3 is 0 Å². The number of rotatable bonds is 5. The third kappa shape index (κ3) is 4.66. The molecule has 1 aliphatic heterocycles. The van der Waals surface area contributed by atoms with Gasteiger partial charge in [-0.15, -0.1) is 0 Å². The van der Waals surface area contributed by atoms with Gasteiger partial charge in [0.25, 0.3) is 0 Å². The zero-order chi connectivity index (χ0) is 16.3. The summed E-state index contributed by atoms with van der Waals surface area (Å²) in [5.74, 6) is 0. The summed E-state index contributed by atoms with van der Waals surface area (Å²) in [6.07, 6.45) is 6.82. The first-order valence-corrected chi connectivity index (χ1v) is 8.51. The van der Waals surface area contributed by atoms with E-state index in [4.69, 9.17) is 0 Å². The first-order chi connectivity index (χ1) is 11.0. The zero-order valence-corrected chi connectivity index (χ0v) is 14.2. The van der Waals surface area contributed by atoms with Crippen LogP contribution in [0.4, 0.5) is 0 Å². The SMILES string of the molecule is CC(C)(O)CCc1ccc(CN2CCCn3cncc3C2)cc1. The van der Waals surface area contributed by atoms with Crippen molar-refractivity contribution in [2.75, 3.05) is 6.54 Å². The van der Waals surface area contributed by atoms with Crippen molar-refractivity contribution in [2.24, 2.45) is 0 Å². The van der Waals surface area contributed by atoms with E-state index in [1.54, 1.807) is 0 Å². The van der Waals surface area contributed by atoms with Gasteiger partial charge in [-0.1, -0.05) is 24.3 Å². The number of nitrogens with zero attached hydrogens (tertiary/aromatic N) is 3. The van der Waals surface area contributed by atoms with E-state index >= 15 is 0 Å². The van der Waals surface area contributed by atoms with Crippen LogP contribution in [-0.4, -0.2) is 31.7 Å². The van der Waals surface area contributed by atoms with Gasteiger partial charge in [0.05, 0.1) is 17.6 Å². The molecule has 3 rings (SSSR count). The second-order valence-corrected chi connectivity index (χ2v) is 7.27. The molecule has 1 N–H and O–H groups in total. The zero-order valence-electron chi connectivity index (χ0n) is 14.2. The second kappa shape index (κ2) is 6.85. The number of fused-ring (bicyclic) bond motifs is 1. The summed E-state index contributed by atoms with van der Waals surface area (Å²) in [4.78, 5) is 6.75. The molecule has 0 saturated carbocycles. The molecule has 0 amide bonds. The van der Waals surface area contributed by atoms with Crippen molar-refractivity contribution in [2.45, 2.75) is 58.3 Å². The molecular weight excluding hydrogens is 286 g/mol. The molecule has 2 heterocycles. The lowest BCUT2D eigenvalue weighted by Crippen LogP contribution is -2.22. The molecule has 2 aromatic rings. The third-order valence-electron chi connectivity index (χ3n) is 4.51. The topological polar surface area (TPSA) is 41.3 Å². The van der Waals surface area contributed by atoms with Crippen LogP contribution in [0.25, 0.3) is 0 Å². The molecule has 0 spiro atoms. The molecule has 4 nitrogen and oxygen atoms in total. The van der Waals surface area contributed by atoms with E-state index in [0.717, 1.165) is 39.0 Å². The quantitative estimate of drug-likeness (QED) is 0.922. The highest BCUT2D eigenvalue weighted by Crippen LogP contribution is 2.17. The summed E-state index contributed by atoms with van der Waals surface area (Å²) in [5.41, 5.74) is 3.37. The first kappa shape index (κ1) is 16.2. The van der Waals surface area contributed by atoms with Crippen molar-refractivity contribution in [1.29, 1.82) is 0 Å². The molecule has 0 saturated heterocycles. The van der Waals surface area contributed by atoms with Crippen LogP contribution in [0, 0.1) is 0 Å². The maximum atomic E-state index is 9.83. The van der Waals surface area contributed by atoms with Crippen LogP contribution in [0.1, 0.15) is 43.5 Å². The average Bonchev–Trinajstić information content (AvgIpc) is 2.84. The summed E-state index contributed by atoms with van der Waals surface area (Å²) in [6, 6.07) is 8.84. The van der Waals surface area contributed by atoms with Crippen LogP contribution in [-0.2, 0) is 26.1 Å². The highest BCUT2D eigenvalue weighted by atomic mass is 16.3. The second-order valence-electron chi connectivity index (χ2n) is 7.27. The molecule has 124 valence electrons. The monoisotopic (exact) mass is 313 g/mol. The Labute approximate surface area is 138 Å². The van der Waals surface area contributed by atoms with Crippen molar-refractivity contribution >= 4 is 0 Å². The number of aryl methyl sites for hydroxylation is 2.